The third kappa shape index (κ3) is 3.74. The molecule has 1 aliphatic heterocycles. The fourth-order valence-corrected chi connectivity index (χ4v) is 4.56. The zero-order valence-electron chi connectivity index (χ0n) is 19.4. The SMILES string of the molecule is COc1ccc2c(c1)nc(N)n1nc(C3CC(C)CN(c4cnn(C(C)(C)CO)c4)C3)nc21. The molecule has 0 amide bonds. The second-order valence-electron chi connectivity index (χ2n) is 9.61. The number of ether oxygens (including phenoxy) is 1. The number of aliphatic hydroxyl groups excluding tert-OH is 1. The normalized spacial score (nSPS) is 19.5. The number of nitrogen functional groups attached to an aromatic ring is 1. The van der Waals surface area contributed by atoms with Crippen LogP contribution in [-0.4, -0.2) is 61.3 Å². The molecule has 33 heavy (non-hydrogen) atoms. The third-order valence-electron chi connectivity index (χ3n) is 6.49. The molecule has 10 heteroatoms. The number of aliphatic hydroxyl groups is 1. The van der Waals surface area contributed by atoms with Crippen LogP contribution in [0.1, 0.15) is 38.9 Å². The molecular formula is C23H30N8O2. The predicted molar refractivity (Wildman–Crippen MR) is 127 cm³/mol. The molecule has 3 aromatic heterocycles. The Balaban J connectivity index is 1.49. The minimum atomic E-state index is -0.448. The number of nitrogens with zero attached hydrogens (tertiary/aromatic N) is 7. The summed E-state index contributed by atoms with van der Waals surface area (Å²) in [7, 11) is 1.63. The van der Waals surface area contributed by atoms with Crippen molar-refractivity contribution in [3.05, 3.63) is 36.4 Å². The Morgan fingerprint density at radius 3 is 2.82 bits per heavy atom. The van der Waals surface area contributed by atoms with Gasteiger partial charge in [-0.1, -0.05) is 6.92 Å². The maximum Gasteiger partial charge on any atom is 0.223 e. The van der Waals surface area contributed by atoms with E-state index in [1.165, 1.54) is 0 Å². The lowest BCUT2D eigenvalue weighted by atomic mass is 9.89. The number of anilines is 2. The van der Waals surface area contributed by atoms with Crippen molar-refractivity contribution < 1.29 is 9.84 Å². The van der Waals surface area contributed by atoms with Crippen molar-refractivity contribution in [3.8, 4) is 5.75 Å². The zero-order chi connectivity index (χ0) is 23.3. The third-order valence-corrected chi connectivity index (χ3v) is 6.49. The van der Waals surface area contributed by atoms with Crippen molar-refractivity contribution in [2.75, 3.05) is 37.4 Å². The number of fused-ring (bicyclic) bond motifs is 3. The van der Waals surface area contributed by atoms with Crippen LogP contribution in [0.25, 0.3) is 16.6 Å². The second kappa shape index (κ2) is 7.87. The van der Waals surface area contributed by atoms with Gasteiger partial charge in [-0.15, -0.1) is 5.10 Å². The summed E-state index contributed by atoms with van der Waals surface area (Å²) in [4.78, 5) is 11.7. The number of nitrogens with two attached hydrogens (primary N) is 1. The van der Waals surface area contributed by atoms with Gasteiger partial charge in [-0.05, 0) is 38.3 Å². The van der Waals surface area contributed by atoms with Gasteiger partial charge in [0.1, 0.15) is 5.75 Å². The van der Waals surface area contributed by atoms with Crippen LogP contribution in [0.4, 0.5) is 11.6 Å². The summed E-state index contributed by atoms with van der Waals surface area (Å²) in [5.41, 5.74) is 8.25. The van der Waals surface area contributed by atoms with Crippen LogP contribution in [0, 0.1) is 5.92 Å². The first-order valence-electron chi connectivity index (χ1n) is 11.2. The Morgan fingerprint density at radius 2 is 2.06 bits per heavy atom. The molecule has 1 aliphatic rings. The maximum absolute atomic E-state index is 9.68. The van der Waals surface area contributed by atoms with E-state index in [9.17, 15) is 5.11 Å². The predicted octanol–water partition coefficient (Wildman–Crippen LogP) is 2.42. The van der Waals surface area contributed by atoms with E-state index in [0.29, 0.717) is 17.5 Å². The minimum absolute atomic E-state index is 0.0214. The molecule has 1 fully saturated rings. The highest BCUT2D eigenvalue weighted by Crippen LogP contribution is 2.33. The van der Waals surface area contributed by atoms with Crippen LogP contribution in [0.5, 0.6) is 5.75 Å². The van der Waals surface area contributed by atoms with Crippen molar-refractivity contribution in [2.24, 2.45) is 5.92 Å². The molecule has 0 bridgehead atoms. The average molecular weight is 451 g/mol. The van der Waals surface area contributed by atoms with Gasteiger partial charge in [0.25, 0.3) is 0 Å². The molecule has 4 aromatic rings. The number of hydrogen-bond donors (Lipinski definition) is 2. The summed E-state index contributed by atoms with van der Waals surface area (Å²) >= 11 is 0. The smallest absolute Gasteiger partial charge is 0.223 e. The maximum atomic E-state index is 9.68. The molecule has 2 atom stereocenters. The first-order chi connectivity index (χ1) is 15.8. The van der Waals surface area contributed by atoms with Crippen LogP contribution in [-0.2, 0) is 5.54 Å². The highest BCUT2D eigenvalue weighted by atomic mass is 16.5. The van der Waals surface area contributed by atoms with Gasteiger partial charge in [0, 0.05) is 36.7 Å². The van der Waals surface area contributed by atoms with Gasteiger partial charge in [-0.25, -0.2) is 9.97 Å². The van der Waals surface area contributed by atoms with E-state index in [4.69, 9.17) is 20.6 Å². The first kappa shape index (κ1) is 21.4. The Morgan fingerprint density at radius 1 is 1.24 bits per heavy atom. The lowest BCUT2D eigenvalue weighted by Gasteiger charge is -2.36. The van der Waals surface area contributed by atoms with Crippen molar-refractivity contribution in [2.45, 2.75) is 38.6 Å². The monoisotopic (exact) mass is 450 g/mol. The highest BCUT2D eigenvalue weighted by Gasteiger charge is 2.31. The Bertz CT molecular complexity index is 1310. The van der Waals surface area contributed by atoms with Crippen molar-refractivity contribution in [1.82, 2.24) is 29.4 Å². The van der Waals surface area contributed by atoms with E-state index in [1.54, 1.807) is 11.6 Å². The molecule has 5 rings (SSSR count). The molecule has 0 aliphatic carbocycles. The van der Waals surface area contributed by atoms with Crippen LogP contribution < -0.4 is 15.4 Å². The van der Waals surface area contributed by atoms with Crippen molar-refractivity contribution in [3.63, 3.8) is 0 Å². The van der Waals surface area contributed by atoms with Crippen LogP contribution in [0.15, 0.2) is 30.6 Å². The summed E-state index contributed by atoms with van der Waals surface area (Å²) in [5.74, 6) is 2.40. The van der Waals surface area contributed by atoms with E-state index in [0.717, 1.165) is 47.7 Å². The van der Waals surface area contributed by atoms with Gasteiger partial charge in [-0.2, -0.15) is 9.61 Å². The number of benzene rings is 1. The van der Waals surface area contributed by atoms with Gasteiger partial charge in [0.15, 0.2) is 11.5 Å². The lowest BCUT2D eigenvalue weighted by molar-refractivity contribution is 0.152. The topological polar surface area (TPSA) is 120 Å². The summed E-state index contributed by atoms with van der Waals surface area (Å²) in [6, 6.07) is 5.70. The molecule has 0 radical (unpaired) electrons. The Labute approximate surface area is 192 Å². The zero-order valence-corrected chi connectivity index (χ0v) is 19.4. The molecular weight excluding hydrogens is 420 g/mol. The minimum Gasteiger partial charge on any atom is -0.497 e. The van der Waals surface area contributed by atoms with E-state index in [2.05, 4.69) is 21.9 Å². The number of methoxy groups -OCH3 is 1. The van der Waals surface area contributed by atoms with Gasteiger partial charge in [-0.3, -0.25) is 4.68 Å². The summed E-state index contributed by atoms with van der Waals surface area (Å²) in [5, 5.41) is 19.8. The van der Waals surface area contributed by atoms with Gasteiger partial charge >= 0.3 is 0 Å². The number of aromatic nitrogens is 6. The van der Waals surface area contributed by atoms with Gasteiger partial charge in [0.05, 0.1) is 36.7 Å². The summed E-state index contributed by atoms with van der Waals surface area (Å²) in [6.07, 6.45) is 4.86. The van der Waals surface area contributed by atoms with Crippen molar-refractivity contribution in [1.29, 1.82) is 0 Å². The molecule has 3 N–H and O–H groups in total. The number of piperidine rings is 1. The highest BCUT2D eigenvalue weighted by molar-refractivity contribution is 5.93. The van der Waals surface area contributed by atoms with Gasteiger partial charge in [0.2, 0.25) is 5.95 Å². The molecule has 2 unspecified atom stereocenters. The molecule has 1 saturated heterocycles. The standard InChI is InChI=1S/C23H30N8O2/c1-14-7-15(11-29(10-14)16-9-25-30(12-16)23(2,3)13-32)20-27-21-18-6-5-17(33-4)8-19(18)26-22(24)31(21)28-20/h5-6,8-9,12,14-15,32H,7,10-11,13H2,1-4H3,(H2,24,26). The number of hydrogen-bond acceptors (Lipinski definition) is 8. The fourth-order valence-electron chi connectivity index (χ4n) is 4.56. The Kier molecular flexibility index (Phi) is 5.12. The fraction of sp³-hybridized carbons (Fsp3) is 0.478. The first-order valence-corrected chi connectivity index (χ1v) is 11.2. The van der Waals surface area contributed by atoms with E-state index < -0.39 is 5.54 Å². The van der Waals surface area contributed by atoms with Crippen LogP contribution in [0.3, 0.4) is 0 Å². The Hall–Kier alpha value is -3.40. The quantitative estimate of drug-likeness (QED) is 0.476. The molecule has 0 saturated carbocycles. The van der Waals surface area contributed by atoms with Gasteiger partial charge < -0.3 is 20.5 Å². The molecule has 0 spiro atoms. The van der Waals surface area contributed by atoms with Crippen LogP contribution >= 0.6 is 0 Å². The lowest BCUT2D eigenvalue weighted by Crippen LogP contribution is -2.39. The molecule has 10 nitrogen and oxygen atoms in total. The molecule has 174 valence electrons. The average Bonchev–Trinajstić information content (AvgIpc) is 3.47. The molecule has 1 aromatic carbocycles. The second-order valence-corrected chi connectivity index (χ2v) is 9.61. The molecule has 4 heterocycles. The summed E-state index contributed by atoms with van der Waals surface area (Å²) in [6.45, 7) is 7.91. The van der Waals surface area contributed by atoms with E-state index >= 15 is 0 Å². The summed E-state index contributed by atoms with van der Waals surface area (Å²) < 4.78 is 8.78. The largest absolute Gasteiger partial charge is 0.497 e. The number of rotatable bonds is 5. The van der Waals surface area contributed by atoms with E-state index in [-0.39, 0.29) is 12.5 Å². The van der Waals surface area contributed by atoms with E-state index in [1.807, 2.05) is 49.1 Å². The van der Waals surface area contributed by atoms with Crippen molar-refractivity contribution >= 4 is 28.2 Å². The van der Waals surface area contributed by atoms with Crippen LogP contribution in [0.2, 0.25) is 0 Å².